The van der Waals surface area contributed by atoms with E-state index in [1.807, 2.05) is 12.1 Å². The molecular formula is C16H20N2O4. The molecule has 1 aliphatic rings. The third kappa shape index (κ3) is 3.63. The van der Waals surface area contributed by atoms with Gasteiger partial charge in [0.15, 0.2) is 0 Å². The Balaban J connectivity index is 2.06. The number of rotatable bonds is 7. The number of nitrogens with zero attached hydrogens (tertiary/aromatic N) is 1. The van der Waals surface area contributed by atoms with Crippen molar-refractivity contribution in [2.45, 2.75) is 45.1 Å². The second-order valence-electron chi connectivity index (χ2n) is 5.38. The lowest BCUT2D eigenvalue weighted by Gasteiger charge is -2.13. The van der Waals surface area contributed by atoms with Crippen LogP contribution < -0.4 is 10.2 Å². The molecule has 6 nitrogen and oxygen atoms in total. The molecule has 1 aromatic rings. The van der Waals surface area contributed by atoms with Gasteiger partial charge in [0.25, 0.3) is 5.91 Å². The molecule has 118 valence electrons. The first-order valence-electron chi connectivity index (χ1n) is 7.48. The number of amides is 3. The Morgan fingerprint density at radius 1 is 1.27 bits per heavy atom. The van der Waals surface area contributed by atoms with Gasteiger partial charge in [-0.25, -0.2) is 9.69 Å². The molecule has 1 atom stereocenters. The topological polar surface area (TPSA) is 86.7 Å². The van der Waals surface area contributed by atoms with E-state index >= 15 is 0 Å². The summed E-state index contributed by atoms with van der Waals surface area (Å²) in [6.07, 6.45) is 3.13. The van der Waals surface area contributed by atoms with Crippen LogP contribution in [0.1, 0.15) is 38.2 Å². The van der Waals surface area contributed by atoms with E-state index in [2.05, 4.69) is 12.2 Å². The van der Waals surface area contributed by atoms with Crippen LogP contribution in [0.15, 0.2) is 24.3 Å². The number of hydrogen-bond donors (Lipinski definition) is 2. The molecule has 0 radical (unpaired) electrons. The fourth-order valence-corrected chi connectivity index (χ4v) is 2.43. The van der Waals surface area contributed by atoms with Crippen LogP contribution in [0.25, 0.3) is 0 Å². The highest BCUT2D eigenvalue weighted by Gasteiger charge is 2.38. The van der Waals surface area contributed by atoms with E-state index in [1.54, 1.807) is 12.1 Å². The zero-order valence-electron chi connectivity index (χ0n) is 12.5. The maximum Gasteiger partial charge on any atom is 0.329 e. The van der Waals surface area contributed by atoms with E-state index in [0.717, 1.165) is 24.2 Å². The normalized spacial score (nSPS) is 17.7. The summed E-state index contributed by atoms with van der Waals surface area (Å²) >= 11 is 0. The van der Waals surface area contributed by atoms with E-state index in [0.29, 0.717) is 5.69 Å². The van der Waals surface area contributed by atoms with Gasteiger partial charge in [-0.05, 0) is 37.0 Å². The summed E-state index contributed by atoms with van der Waals surface area (Å²) in [6.45, 7) is 2.12. The van der Waals surface area contributed by atoms with Crippen molar-refractivity contribution in [1.29, 1.82) is 0 Å². The Hall–Kier alpha value is -2.37. The summed E-state index contributed by atoms with van der Waals surface area (Å²) < 4.78 is 0. The van der Waals surface area contributed by atoms with Crippen LogP contribution in [-0.2, 0) is 16.0 Å². The molecule has 6 heteroatoms. The predicted molar refractivity (Wildman–Crippen MR) is 81.7 cm³/mol. The third-order valence-electron chi connectivity index (χ3n) is 3.68. The van der Waals surface area contributed by atoms with Crippen molar-refractivity contribution >= 4 is 23.6 Å². The first-order chi connectivity index (χ1) is 10.5. The number of aliphatic carboxylic acids is 1. The number of hydrogen-bond acceptors (Lipinski definition) is 3. The quantitative estimate of drug-likeness (QED) is 0.757. The number of imide groups is 1. The van der Waals surface area contributed by atoms with Crippen molar-refractivity contribution in [2.24, 2.45) is 0 Å². The van der Waals surface area contributed by atoms with Gasteiger partial charge in [0.05, 0.1) is 5.69 Å². The number of carbonyl (C=O) groups excluding carboxylic acids is 2. The molecule has 1 fully saturated rings. The number of benzene rings is 1. The van der Waals surface area contributed by atoms with Crippen molar-refractivity contribution < 1.29 is 19.5 Å². The molecule has 0 aliphatic carbocycles. The predicted octanol–water partition coefficient (Wildman–Crippen LogP) is 2.32. The fraction of sp³-hybridized carbons (Fsp3) is 0.438. The van der Waals surface area contributed by atoms with Gasteiger partial charge in [-0.15, -0.1) is 0 Å². The minimum Gasteiger partial charge on any atom is -0.481 e. The van der Waals surface area contributed by atoms with Crippen molar-refractivity contribution in [3.05, 3.63) is 29.8 Å². The highest BCUT2D eigenvalue weighted by molar-refractivity contribution is 6.21. The van der Waals surface area contributed by atoms with Gasteiger partial charge in [-0.2, -0.15) is 0 Å². The summed E-state index contributed by atoms with van der Waals surface area (Å²) in [5.74, 6) is -1.38. The van der Waals surface area contributed by atoms with Crippen LogP contribution in [0.3, 0.4) is 0 Å². The molecule has 0 bridgehead atoms. The van der Waals surface area contributed by atoms with E-state index in [1.165, 1.54) is 5.56 Å². The lowest BCUT2D eigenvalue weighted by molar-refractivity contribution is -0.137. The molecule has 0 unspecified atom stereocenters. The minimum atomic E-state index is -0.985. The SMILES string of the molecule is CCCCc1ccc(N2C(=O)N[C@@H](CCC(=O)O)C2=O)cc1. The highest BCUT2D eigenvalue weighted by Crippen LogP contribution is 2.22. The van der Waals surface area contributed by atoms with Crippen molar-refractivity contribution in [3.8, 4) is 0 Å². The summed E-state index contributed by atoms with van der Waals surface area (Å²) in [4.78, 5) is 35.8. The monoisotopic (exact) mass is 304 g/mol. The van der Waals surface area contributed by atoms with Gasteiger partial charge in [0.1, 0.15) is 6.04 Å². The summed E-state index contributed by atoms with van der Waals surface area (Å²) in [7, 11) is 0. The van der Waals surface area contributed by atoms with Gasteiger partial charge in [0, 0.05) is 6.42 Å². The van der Waals surface area contributed by atoms with Crippen molar-refractivity contribution in [1.82, 2.24) is 5.32 Å². The van der Waals surface area contributed by atoms with Crippen molar-refractivity contribution in [2.75, 3.05) is 4.90 Å². The van der Waals surface area contributed by atoms with Crippen LogP contribution >= 0.6 is 0 Å². The Bertz CT molecular complexity index is 568. The summed E-state index contributed by atoms with van der Waals surface area (Å²) in [6, 6.07) is 6.07. The largest absolute Gasteiger partial charge is 0.481 e. The number of unbranched alkanes of at least 4 members (excludes halogenated alkanes) is 1. The lowest BCUT2D eigenvalue weighted by atomic mass is 10.1. The Morgan fingerprint density at radius 3 is 2.55 bits per heavy atom. The Kier molecular flexibility index (Phi) is 5.14. The van der Waals surface area contributed by atoms with Crippen LogP contribution in [0.4, 0.5) is 10.5 Å². The number of anilines is 1. The molecule has 2 rings (SSSR count). The zero-order chi connectivity index (χ0) is 16.1. The van der Waals surface area contributed by atoms with Crippen LogP contribution in [0, 0.1) is 0 Å². The standard InChI is InChI=1S/C16H20N2O4/c1-2-3-4-11-5-7-12(8-6-11)18-15(21)13(17-16(18)22)9-10-14(19)20/h5-8,13H,2-4,9-10H2,1H3,(H,17,22)(H,19,20)/t13-/m0/s1. The number of nitrogens with one attached hydrogen (secondary N) is 1. The summed E-state index contributed by atoms with van der Waals surface area (Å²) in [5, 5.41) is 11.2. The van der Waals surface area contributed by atoms with Crippen LogP contribution in [0.5, 0.6) is 0 Å². The molecule has 1 aromatic carbocycles. The molecule has 3 amide bonds. The number of carboxylic acids is 1. The van der Waals surface area contributed by atoms with E-state index in [4.69, 9.17) is 5.11 Å². The highest BCUT2D eigenvalue weighted by atomic mass is 16.4. The zero-order valence-corrected chi connectivity index (χ0v) is 12.5. The summed E-state index contributed by atoms with van der Waals surface area (Å²) in [5.41, 5.74) is 1.68. The first kappa shape index (κ1) is 16.0. The third-order valence-corrected chi connectivity index (χ3v) is 3.68. The Morgan fingerprint density at radius 2 is 1.95 bits per heavy atom. The van der Waals surface area contributed by atoms with E-state index in [9.17, 15) is 14.4 Å². The van der Waals surface area contributed by atoms with E-state index in [-0.39, 0.29) is 12.8 Å². The average molecular weight is 304 g/mol. The van der Waals surface area contributed by atoms with Crippen LogP contribution in [-0.4, -0.2) is 29.1 Å². The molecule has 1 aliphatic heterocycles. The average Bonchev–Trinajstić information content (AvgIpc) is 2.78. The van der Waals surface area contributed by atoms with Crippen LogP contribution in [0.2, 0.25) is 0 Å². The molecule has 1 heterocycles. The molecule has 22 heavy (non-hydrogen) atoms. The number of carboxylic acid groups (broad SMARTS) is 1. The number of urea groups is 1. The molecule has 0 spiro atoms. The number of carbonyl (C=O) groups is 3. The fourth-order valence-electron chi connectivity index (χ4n) is 2.43. The van der Waals surface area contributed by atoms with Gasteiger partial charge in [-0.1, -0.05) is 25.5 Å². The molecule has 0 saturated carbocycles. The second kappa shape index (κ2) is 7.06. The smallest absolute Gasteiger partial charge is 0.329 e. The maximum absolute atomic E-state index is 12.2. The van der Waals surface area contributed by atoms with E-state index < -0.39 is 23.9 Å². The van der Waals surface area contributed by atoms with Gasteiger partial charge in [-0.3, -0.25) is 9.59 Å². The van der Waals surface area contributed by atoms with Gasteiger partial charge < -0.3 is 10.4 Å². The minimum absolute atomic E-state index is 0.102. The first-order valence-corrected chi connectivity index (χ1v) is 7.48. The molecule has 0 aromatic heterocycles. The Labute approximate surface area is 129 Å². The number of aryl methyl sites for hydroxylation is 1. The van der Waals surface area contributed by atoms with Gasteiger partial charge in [0.2, 0.25) is 0 Å². The molecule has 1 saturated heterocycles. The van der Waals surface area contributed by atoms with Crippen molar-refractivity contribution in [3.63, 3.8) is 0 Å². The maximum atomic E-state index is 12.2. The second-order valence-corrected chi connectivity index (χ2v) is 5.38. The van der Waals surface area contributed by atoms with Gasteiger partial charge >= 0.3 is 12.0 Å². The molecule has 2 N–H and O–H groups in total. The molecular weight excluding hydrogens is 284 g/mol. The lowest BCUT2D eigenvalue weighted by Crippen LogP contribution is -2.31.